The van der Waals surface area contributed by atoms with Gasteiger partial charge in [-0.1, -0.05) is 29.8 Å². The second kappa shape index (κ2) is 12.4. The molecule has 0 aliphatic rings. The lowest BCUT2D eigenvalue weighted by Gasteiger charge is -2.15. The standard InChI is InChI=1S/C29H28IN3O4/c1-17-9-10-24(19(3)11-17)33-29(35)22(15-31)12-21-13-23(30)28(26(14-21)36-5)37-16-27(34)32-25-8-6-7-18(2)20(25)4/h6-14H,16H2,1-5H3,(H,32,34)(H,33,35)/b22-12+. The van der Waals surface area contributed by atoms with Crippen LogP contribution in [0.5, 0.6) is 11.5 Å². The maximum atomic E-state index is 12.8. The Hall–Kier alpha value is -3.84. The second-order valence-corrected chi connectivity index (χ2v) is 9.72. The molecule has 2 amide bonds. The molecule has 0 aliphatic heterocycles. The van der Waals surface area contributed by atoms with E-state index >= 15 is 0 Å². The molecule has 0 spiro atoms. The number of nitrogens with zero attached hydrogens (tertiary/aromatic N) is 1. The molecule has 0 fully saturated rings. The first-order valence-electron chi connectivity index (χ1n) is 11.5. The third-order valence-electron chi connectivity index (χ3n) is 5.78. The lowest BCUT2D eigenvalue weighted by atomic mass is 10.1. The number of carbonyl (C=O) groups is 2. The Bertz CT molecular complexity index is 1420. The lowest BCUT2D eigenvalue weighted by molar-refractivity contribution is -0.118. The molecule has 3 aromatic rings. The van der Waals surface area contributed by atoms with Gasteiger partial charge in [0, 0.05) is 11.4 Å². The average molecular weight is 609 g/mol. The van der Waals surface area contributed by atoms with Crippen LogP contribution >= 0.6 is 22.6 Å². The maximum absolute atomic E-state index is 12.8. The molecule has 2 N–H and O–H groups in total. The topological polar surface area (TPSA) is 100 Å². The van der Waals surface area contributed by atoms with Gasteiger partial charge in [0.25, 0.3) is 11.8 Å². The van der Waals surface area contributed by atoms with Crippen molar-refractivity contribution in [2.75, 3.05) is 24.4 Å². The quantitative estimate of drug-likeness (QED) is 0.183. The van der Waals surface area contributed by atoms with E-state index < -0.39 is 5.91 Å². The highest BCUT2D eigenvalue weighted by atomic mass is 127. The summed E-state index contributed by atoms with van der Waals surface area (Å²) in [5.41, 5.74) is 5.97. The Morgan fingerprint density at radius 3 is 2.43 bits per heavy atom. The number of benzene rings is 3. The molecule has 0 heterocycles. The third-order valence-corrected chi connectivity index (χ3v) is 6.59. The Balaban J connectivity index is 1.76. The van der Waals surface area contributed by atoms with E-state index in [1.165, 1.54) is 13.2 Å². The molecule has 0 saturated carbocycles. The number of carbonyl (C=O) groups excluding carboxylic acids is 2. The molecule has 0 aliphatic carbocycles. The summed E-state index contributed by atoms with van der Waals surface area (Å²) in [7, 11) is 1.49. The Morgan fingerprint density at radius 2 is 1.76 bits per heavy atom. The van der Waals surface area contributed by atoms with Crippen LogP contribution in [0.15, 0.2) is 54.1 Å². The molecule has 0 unspecified atom stereocenters. The van der Waals surface area contributed by atoms with E-state index in [4.69, 9.17) is 9.47 Å². The van der Waals surface area contributed by atoms with E-state index in [0.717, 1.165) is 27.9 Å². The summed E-state index contributed by atoms with van der Waals surface area (Å²) in [5, 5.41) is 15.3. The van der Waals surface area contributed by atoms with E-state index in [-0.39, 0.29) is 18.1 Å². The minimum atomic E-state index is -0.508. The maximum Gasteiger partial charge on any atom is 0.266 e. The van der Waals surface area contributed by atoms with E-state index in [0.29, 0.717) is 26.3 Å². The van der Waals surface area contributed by atoms with Gasteiger partial charge in [-0.3, -0.25) is 9.59 Å². The van der Waals surface area contributed by atoms with E-state index in [9.17, 15) is 14.9 Å². The van der Waals surface area contributed by atoms with Crippen LogP contribution in [0.1, 0.15) is 27.8 Å². The number of methoxy groups -OCH3 is 1. The summed E-state index contributed by atoms with van der Waals surface area (Å²) in [6, 6.07) is 16.7. The van der Waals surface area contributed by atoms with Crippen LogP contribution in [0.25, 0.3) is 6.08 Å². The highest BCUT2D eigenvalue weighted by Crippen LogP contribution is 2.35. The van der Waals surface area contributed by atoms with E-state index in [1.54, 1.807) is 12.1 Å². The number of amides is 2. The molecule has 37 heavy (non-hydrogen) atoms. The van der Waals surface area contributed by atoms with Crippen molar-refractivity contribution in [1.29, 1.82) is 5.26 Å². The first-order chi connectivity index (χ1) is 17.6. The summed E-state index contributed by atoms with van der Waals surface area (Å²) in [6.07, 6.45) is 1.49. The predicted octanol–water partition coefficient (Wildman–Crippen LogP) is 6.10. The fourth-order valence-electron chi connectivity index (χ4n) is 3.63. The van der Waals surface area contributed by atoms with Crippen molar-refractivity contribution < 1.29 is 19.1 Å². The van der Waals surface area contributed by atoms with Gasteiger partial charge >= 0.3 is 0 Å². The number of hydrogen-bond donors (Lipinski definition) is 2. The molecule has 0 bridgehead atoms. The van der Waals surface area contributed by atoms with Crippen molar-refractivity contribution in [2.24, 2.45) is 0 Å². The van der Waals surface area contributed by atoms with Gasteiger partial charge in [0.15, 0.2) is 18.1 Å². The van der Waals surface area contributed by atoms with Gasteiger partial charge < -0.3 is 20.1 Å². The summed E-state index contributed by atoms with van der Waals surface area (Å²) < 4.78 is 11.9. The lowest BCUT2D eigenvalue weighted by Crippen LogP contribution is -2.21. The number of nitrogens with one attached hydrogen (secondary N) is 2. The molecule has 0 atom stereocenters. The van der Waals surface area contributed by atoms with E-state index in [1.807, 2.05) is 70.2 Å². The van der Waals surface area contributed by atoms with Crippen LogP contribution in [0, 0.1) is 42.6 Å². The first-order valence-corrected chi connectivity index (χ1v) is 12.6. The number of rotatable bonds is 8. The van der Waals surface area contributed by atoms with Crippen molar-refractivity contribution in [3.8, 4) is 17.6 Å². The molecule has 3 rings (SSSR count). The van der Waals surface area contributed by atoms with Crippen molar-refractivity contribution in [1.82, 2.24) is 0 Å². The van der Waals surface area contributed by atoms with Crippen LogP contribution < -0.4 is 20.1 Å². The number of hydrogen-bond acceptors (Lipinski definition) is 5. The van der Waals surface area contributed by atoms with Crippen LogP contribution in [-0.4, -0.2) is 25.5 Å². The minimum Gasteiger partial charge on any atom is -0.493 e. The highest BCUT2D eigenvalue weighted by Gasteiger charge is 2.16. The SMILES string of the molecule is COc1cc(/C=C(\C#N)C(=O)Nc2ccc(C)cc2C)cc(I)c1OCC(=O)Nc1cccc(C)c1C. The van der Waals surface area contributed by atoms with Crippen LogP contribution in [0.4, 0.5) is 11.4 Å². The summed E-state index contributed by atoms with van der Waals surface area (Å²) in [6.45, 7) is 7.58. The fraction of sp³-hybridized carbons (Fsp3) is 0.207. The Labute approximate surface area is 230 Å². The normalized spacial score (nSPS) is 10.9. The summed E-state index contributed by atoms with van der Waals surface area (Å²) in [5.74, 6) is -0.0309. The number of ether oxygens (including phenoxy) is 2. The van der Waals surface area contributed by atoms with Crippen molar-refractivity contribution >= 4 is 51.9 Å². The Morgan fingerprint density at radius 1 is 1.00 bits per heavy atom. The van der Waals surface area contributed by atoms with Crippen molar-refractivity contribution in [3.05, 3.63) is 85.5 Å². The summed E-state index contributed by atoms with van der Waals surface area (Å²) >= 11 is 2.07. The second-order valence-electron chi connectivity index (χ2n) is 8.56. The van der Waals surface area contributed by atoms with Crippen molar-refractivity contribution in [3.63, 3.8) is 0 Å². The molecule has 3 aromatic carbocycles. The van der Waals surface area contributed by atoms with Gasteiger partial charge in [-0.25, -0.2) is 0 Å². The first kappa shape index (κ1) is 27.7. The molecule has 7 nitrogen and oxygen atoms in total. The van der Waals surface area contributed by atoms with Crippen LogP contribution in [-0.2, 0) is 9.59 Å². The molecule has 0 saturated heterocycles. The van der Waals surface area contributed by atoms with Gasteiger partial charge in [-0.2, -0.15) is 5.26 Å². The molecule has 0 radical (unpaired) electrons. The zero-order chi connectivity index (χ0) is 27.1. The smallest absolute Gasteiger partial charge is 0.266 e. The van der Waals surface area contributed by atoms with Gasteiger partial charge in [-0.05, 0) is 103 Å². The third kappa shape index (κ3) is 7.11. The summed E-state index contributed by atoms with van der Waals surface area (Å²) in [4.78, 5) is 25.3. The van der Waals surface area contributed by atoms with Crippen molar-refractivity contribution in [2.45, 2.75) is 27.7 Å². The zero-order valence-electron chi connectivity index (χ0n) is 21.4. The van der Waals surface area contributed by atoms with Gasteiger partial charge in [-0.15, -0.1) is 0 Å². The fourth-order valence-corrected chi connectivity index (χ4v) is 4.41. The Kier molecular flexibility index (Phi) is 9.31. The molecule has 0 aromatic heterocycles. The van der Waals surface area contributed by atoms with Gasteiger partial charge in [0.2, 0.25) is 0 Å². The number of anilines is 2. The molecular formula is C29H28IN3O4. The van der Waals surface area contributed by atoms with Crippen LogP contribution in [0.2, 0.25) is 0 Å². The molecule has 8 heteroatoms. The van der Waals surface area contributed by atoms with Gasteiger partial charge in [0.1, 0.15) is 11.6 Å². The zero-order valence-corrected chi connectivity index (χ0v) is 23.5. The minimum absolute atomic E-state index is 0.0561. The molecular weight excluding hydrogens is 581 g/mol. The van der Waals surface area contributed by atoms with Crippen LogP contribution in [0.3, 0.4) is 0 Å². The monoisotopic (exact) mass is 609 g/mol. The highest BCUT2D eigenvalue weighted by molar-refractivity contribution is 14.1. The predicted molar refractivity (Wildman–Crippen MR) is 154 cm³/mol. The largest absolute Gasteiger partial charge is 0.493 e. The number of nitriles is 1. The molecule has 190 valence electrons. The number of aryl methyl sites for hydroxylation is 3. The van der Waals surface area contributed by atoms with E-state index in [2.05, 4.69) is 33.2 Å². The van der Waals surface area contributed by atoms with Gasteiger partial charge in [0.05, 0.1) is 10.7 Å². The number of halogens is 1. The average Bonchev–Trinajstić information content (AvgIpc) is 2.86.